The van der Waals surface area contributed by atoms with E-state index in [0.29, 0.717) is 13.2 Å². The summed E-state index contributed by atoms with van der Waals surface area (Å²) in [5.74, 6) is 1.20. The number of carbonyl (C=O) groups is 1. The molecule has 1 aromatic carbocycles. The van der Waals surface area contributed by atoms with E-state index >= 15 is 0 Å². The molecule has 1 aliphatic heterocycles. The number of hydrogen-bond acceptors (Lipinski definition) is 4. The van der Waals surface area contributed by atoms with Crippen molar-refractivity contribution in [3.63, 3.8) is 0 Å². The van der Waals surface area contributed by atoms with Gasteiger partial charge in [0, 0.05) is 31.4 Å². The van der Waals surface area contributed by atoms with Gasteiger partial charge in [-0.1, -0.05) is 30.3 Å². The Kier molecular flexibility index (Phi) is 4.33. The van der Waals surface area contributed by atoms with E-state index in [9.17, 15) is 4.79 Å². The molecule has 1 atom stereocenters. The van der Waals surface area contributed by atoms with Crippen LogP contribution in [0.3, 0.4) is 0 Å². The Labute approximate surface area is 146 Å². The molecule has 1 saturated heterocycles. The van der Waals surface area contributed by atoms with E-state index in [2.05, 4.69) is 14.4 Å². The summed E-state index contributed by atoms with van der Waals surface area (Å²) in [6, 6.07) is 9.75. The topological polar surface area (TPSA) is 59.7 Å². The van der Waals surface area contributed by atoms with Gasteiger partial charge in [0.1, 0.15) is 12.4 Å². The molecule has 3 heterocycles. The highest BCUT2D eigenvalue weighted by atomic mass is 16.6. The molecule has 128 valence electrons. The Morgan fingerprint density at radius 2 is 2.12 bits per heavy atom. The van der Waals surface area contributed by atoms with E-state index in [0.717, 1.165) is 36.3 Å². The number of hydrogen-bond donors (Lipinski definition) is 0. The number of likely N-dealkylation sites (tertiary alicyclic amines) is 1. The number of carbonyl (C=O) groups excluding carboxylic acids is 1. The fraction of sp³-hybridized carbons (Fsp3) is 0.316. The molecule has 1 aliphatic rings. The summed E-state index contributed by atoms with van der Waals surface area (Å²) >= 11 is 0. The fourth-order valence-corrected chi connectivity index (χ4v) is 3.34. The quantitative estimate of drug-likeness (QED) is 0.737. The van der Waals surface area contributed by atoms with E-state index in [1.54, 1.807) is 17.3 Å². The lowest BCUT2D eigenvalue weighted by atomic mass is 9.97. The summed E-state index contributed by atoms with van der Waals surface area (Å²) in [5.41, 5.74) is 1.97. The van der Waals surface area contributed by atoms with Crippen molar-refractivity contribution in [2.45, 2.75) is 25.4 Å². The molecule has 6 nitrogen and oxygen atoms in total. The van der Waals surface area contributed by atoms with Crippen LogP contribution in [0.15, 0.2) is 55.1 Å². The van der Waals surface area contributed by atoms with E-state index in [1.807, 2.05) is 42.7 Å². The van der Waals surface area contributed by atoms with Crippen LogP contribution in [0.25, 0.3) is 5.52 Å². The highest BCUT2D eigenvalue weighted by Crippen LogP contribution is 2.27. The Balaban J connectivity index is 1.43. The minimum atomic E-state index is -0.254. The summed E-state index contributed by atoms with van der Waals surface area (Å²) in [5, 5.41) is 0. The number of amides is 1. The van der Waals surface area contributed by atoms with Crippen molar-refractivity contribution in [1.29, 1.82) is 0 Å². The van der Waals surface area contributed by atoms with Crippen molar-refractivity contribution in [2.24, 2.45) is 0 Å². The normalized spacial score (nSPS) is 17.6. The van der Waals surface area contributed by atoms with Crippen LogP contribution in [0, 0.1) is 0 Å². The average molecular weight is 336 g/mol. The molecule has 0 aliphatic carbocycles. The van der Waals surface area contributed by atoms with E-state index in [1.165, 1.54) is 0 Å². The summed E-state index contributed by atoms with van der Waals surface area (Å²) in [6.45, 7) is 1.67. The Morgan fingerprint density at radius 1 is 1.24 bits per heavy atom. The third kappa shape index (κ3) is 3.33. The summed E-state index contributed by atoms with van der Waals surface area (Å²) < 4.78 is 7.52. The summed E-state index contributed by atoms with van der Waals surface area (Å²) in [6.07, 6.45) is 9.02. The zero-order valence-electron chi connectivity index (χ0n) is 13.9. The van der Waals surface area contributed by atoms with Crippen LogP contribution in [0.2, 0.25) is 0 Å². The Bertz CT molecular complexity index is 862. The molecule has 1 fully saturated rings. The molecule has 0 radical (unpaired) electrons. The second kappa shape index (κ2) is 6.93. The van der Waals surface area contributed by atoms with Crippen molar-refractivity contribution in [3.8, 4) is 0 Å². The first-order valence-electron chi connectivity index (χ1n) is 8.54. The lowest BCUT2D eigenvalue weighted by Gasteiger charge is -2.31. The lowest BCUT2D eigenvalue weighted by molar-refractivity contribution is 0.0853. The first-order chi connectivity index (χ1) is 12.3. The number of rotatable bonds is 3. The molecule has 6 heteroatoms. The number of ether oxygens (including phenoxy) is 1. The largest absolute Gasteiger partial charge is 0.445 e. The van der Waals surface area contributed by atoms with Crippen LogP contribution in [0.1, 0.15) is 30.1 Å². The monoisotopic (exact) mass is 336 g/mol. The van der Waals surface area contributed by atoms with Crippen molar-refractivity contribution in [3.05, 3.63) is 66.5 Å². The van der Waals surface area contributed by atoms with Gasteiger partial charge >= 0.3 is 6.09 Å². The fourth-order valence-electron chi connectivity index (χ4n) is 3.34. The maximum absolute atomic E-state index is 12.4. The molecule has 0 unspecified atom stereocenters. The standard InChI is InChI=1S/C19H20N4O2/c24-19(25-14-15-5-2-1-3-6-15)22-9-4-7-16(13-22)18-21-12-17-11-20-8-10-23(17)18/h1-3,5-6,8,10-12,16H,4,7,9,13-14H2/t16-/m1/s1. The number of piperidine rings is 1. The first kappa shape index (κ1) is 15.6. The van der Waals surface area contributed by atoms with Crippen LogP contribution in [0.5, 0.6) is 0 Å². The number of fused-ring (bicyclic) bond motifs is 1. The maximum atomic E-state index is 12.4. The predicted octanol–water partition coefficient (Wildman–Crippen LogP) is 3.25. The van der Waals surface area contributed by atoms with Gasteiger partial charge in [0.2, 0.25) is 0 Å². The van der Waals surface area contributed by atoms with Crippen LogP contribution in [-0.4, -0.2) is 38.5 Å². The lowest BCUT2D eigenvalue weighted by Crippen LogP contribution is -2.39. The Morgan fingerprint density at radius 3 is 3.00 bits per heavy atom. The number of nitrogens with zero attached hydrogens (tertiary/aromatic N) is 4. The smallest absolute Gasteiger partial charge is 0.410 e. The van der Waals surface area contributed by atoms with E-state index < -0.39 is 0 Å². The molecule has 0 N–H and O–H groups in total. The minimum absolute atomic E-state index is 0.211. The zero-order valence-corrected chi connectivity index (χ0v) is 13.9. The van der Waals surface area contributed by atoms with Gasteiger partial charge in [-0.2, -0.15) is 0 Å². The molecule has 0 spiro atoms. The van der Waals surface area contributed by atoms with Gasteiger partial charge in [0.15, 0.2) is 0 Å². The molecule has 4 rings (SSSR count). The highest BCUT2D eigenvalue weighted by Gasteiger charge is 2.28. The van der Waals surface area contributed by atoms with Crippen molar-refractivity contribution < 1.29 is 9.53 Å². The van der Waals surface area contributed by atoms with Gasteiger partial charge in [-0.25, -0.2) is 9.78 Å². The first-order valence-corrected chi connectivity index (χ1v) is 8.54. The van der Waals surface area contributed by atoms with E-state index in [4.69, 9.17) is 4.74 Å². The predicted molar refractivity (Wildman–Crippen MR) is 93.2 cm³/mol. The second-order valence-electron chi connectivity index (χ2n) is 6.31. The molecule has 0 saturated carbocycles. The molecule has 0 bridgehead atoms. The van der Waals surface area contributed by atoms with Crippen molar-refractivity contribution in [1.82, 2.24) is 19.3 Å². The van der Waals surface area contributed by atoms with Crippen LogP contribution >= 0.6 is 0 Å². The maximum Gasteiger partial charge on any atom is 0.410 e. The van der Waals surface area contributed by atoms with Crippen LogP contribution < -0.4 is 0 Å². The number of benzene rings is 1. The zero-order chi connectivity index (χ0) is 17.1. The summed E-state index contributed by atoms with van der Waals surface area (Å²) in [4.78, 5) is 22.9. The molecular weight excluding hydrogens is 316 g/mol. The van der Waals surface area contributed by atoms with E-state index in [-0.39, 0.29) is 12.0 Å². The van der Waals surface area contributed by atoms with Gasteiger partial charge in [-0.15, -0.1) is 0 Å². The average Bonchev–Trinajstić information content (AvgIpc) is 3.11. The molecule has 1 amide bonds. The number of imidazole rings is 1. The van der Waals surface area contributed by atoms with Crippen molar-refractivity contribution >= 4 is 11.6 Å². The summed E-state index contributed by atoms with van der Waals surface area (Å²) in [7, 11) is 0. The third-order valence-electron chi connectivity index (χ3n) is 4.61. The molecule has 25 heavy (non-hydrogen) atoms. The minimum Gasteiger partial charge on any atom is -0.445 e. The third-order valence-corrected chi connectivity index (χ3v) is 4.61. The molecule has 2 aromatic heterocycles. The van der Waals surface area contributed by atoms with Gasteiger partial charge in [-0.3, -0.25) is 4.98 Å². The molecule has 3 aromatic rings. The number of aromatic nitrogens is 3. The highest BCUT2D eigenvalue weighted by molar-refractivity contribution is 5.67. The van der Waals surface area contributed by atoms with Crippen molar-refractivity contribution in [2.75, 3.05) is 13.1 Å². The van der Waals surface area contributed by atoms with Crippen LogP contribution in [-0.2, 0) is 11.3 Å². The Hall–Kier alpha value is -2.89. The van der Waals surface area contributed by atoms with Gasteiger partial charge in [0.05, 0.1) is 17.9 Å². The second-order valence-corrected chi connectivity index (χ2v) is 6.31. The molecular formula is C19H20N4O2. The van der Waals surface area contributed by atoms with Gasteiger partial charge < -0.3 is 14.0 Å². The van der Waals surface area contributed by atoms with Gasteiger partial charge in [-0.05, 0) is 18.4 Å². The van der Waals surface area contributed by atoms with Crippen LogP contribution in [0.4, 0.5) is 4.79 Å². The SMILES string of the molecule is O=C(OCc1ccccc1)N1CCC[C@@H](c2ncc3cnccn23)C1. The van der Waals surface area contributed by atoms with Gasteiger partial charge in [0.25, 0.3) is 0 Å².